The van der Waals surface area contributed by atoms with Gasteiger partial charge in [0.2, 0.25) is 0 Å². The van der Waals surface area contributed by atoms with Crippen LogP contribution in [0.2, 0.25) is 0 Å². The second-order valence-corrected chi connectivity index (χ2v) is 3.96. The number of aliphatic hydroxyl groups excluding tert-OH is 1. The van der Waals surface area contributed by atoms with Crippen molar-refractivity contribution in [3.63, 3.8) is 0 Å². The second-order valence-electron chi connectivity index (χ2n) is 3.96. The second kappa shape index (κ2) is 1.20. The first kappa shape index (κ1) is 4.73. The third kappa shape index (κ3) is 0.389. The van der Waals surface area contributed by atoms with Crippen LogP contribution in [0.5, 0.6) is 0 Å². The fourth-order valence-electron chi connectivity index (χ4n) is 3.36. The molecular weight excluding hydrogens is 112 g/mol. The highest BCUT2D eigenvalue weighted by molar-refractivity contribution is 5.13. The van der Waals surface area contributed by atoms with Crippen molar-refractivity contribution in [1.29, 1.82) is 0 Å². The number of rotatable bonds is 0. The summed E-state index contributed by atoms with van der Waals surface area (Å²) in [4.78, 5) is 0. The minimum absolute atomic E-state index is 0.104. The van der Waals surface area contributed by atoms with E-state index in [4.69, 9.17) is 0 Å². The van der Waals surface area contributed by atoms with Crippen LogP contribution in [0.3, 0.4) is 0 Å². The molecule has 3 fully saturated rings. The molecule has 1 N–H and O–H groups in total. The van der Waals surface area contributed by atoms with E-state index in [0.717, 1.165) is 30.1 Å². The normalized spacial score (nSPS) is 68.3. The van der Waals surface area contributed by atoms with Crippen molar-refractivity contribution in [2.45, 2.75) is 25.4 Å². The molecule has 9 heavy (non-hydrogen) atoms. The lowest BCUT2D eigenvalue weighted by molar-refractivity contribution is 0.149. The molecule has 0 radical (unpaired) electrons. The molecule has 1 nitrogen and oxygen atoms in total. The highest BCUT2D eigenvalue weighted by Crippen LogP contribution is 2.68. The molecule has 50 valence electrons. The van der Waals surface area contributed by atoms with Crippen LogP contribution in [0.1, 0.15) is 19.3 Å². The summed E-state index contributed by atoms with van der Waals surface area (Å²) in [6, 6.07) is 0. The molecule has 0 aliphatic heterocycles. The zero-order chi connectivity index (χ0) is 6.01. The average molecular weight is 124 g/mol. The molecule has 3 aliphatic rings. The first-order valence-electron chi connectivity index (χ1n) is 4.06. The third-order valence-electron chi connectivity index (χ3n) is 3.70. The number of hydrogen-bond acceptors (Lipinski definition) is 1. The van der Waals surface area contributed by atoms with Crippen LogP contribution in [-0.2, 0) is 0 Å². The van der Waals surface area contributed by atoms with E-state index in [1.807, 2.05) is 0 Å². The number of aliphatic hydroxyl groups is 1. The Morgan fingerprint density at radius 2 is 2.00 bits per heavy atom. The maximum Gasteiger partial charge on any atom is 0.0576 e. The Bertz CT molecular complexity index is 145. The van der Waals surface area contributed by atoms with Gasteiger partial charge < -0.3 is 5.11 Å². The first-order valence-corrected chi connectivity index (χ1v) is 4.06. The monoisotopic (exact) mass is 124 g/mol. The van der Waals surface area contributed by atoms with E-state index in [9.17, 15) is 5.11 Å². The molecule has 0 amide bonds. The SMILES string of the molecule is OC1CC2CCC3C1C23. The van der Waals surface area contributed by atoms with Gasteiger partial charge in [0, 0.05) is 0 Å². The molecule has 5 unspecified atom stereocenters. The quantitative estimate of drug-likeness (QED) is 0.511. The fraction of sp³-hybridized carbons (Fsp3) is 1.00. The van der Waals surface area contributed by atoms with E-state index in [1.54, 1.807) is 0 Å². The van der Waals surface area contributed by atoms with Crippen LogP contribution in [0.25, 0.3) is 0 Å². The summed E-state index contributed by atoms with van der Waals surface area (Å²) >= 11 is 0. The van der Waals surface area contributed by atoms with Crippen LogP contribution < -0.4 is 0 Å². The molecule has 0 heterocycles. The maximum atomic E-state index is 9.42. The van der Waals surface area contributed by atoms with Gasteiger partial charge in [-0.1, -0.05) is 0 Å². The summed E-state index contributed by atoms with van der Waals surface area (Å²) in [6.45, 7) is 0. The first-order chi connectivity index (χ1) is 4.38. The predicted molar refractivity (Wildman–Crippen MR) is 33.8 cm³/mol. The molecule has 0 aromatic carbocycles. The van der Waals surface area contributed by atoms with E-state index < -0.39 is 0 Å². The lowest BCUT2D eigenvalue weighted by Gasteiger charge is -2.03. The molecule has 0 bridgehead atoms. The van der Waals surface area contributed by atoms with Crippen molar-refractivity contribution < 1.29 is 5.11 Å². The largest absolute Gasteiger partial charge is 0.393 e. The number of fused-ring (bicyclic) bond motifs is 1. The number of hydrogen-bond donors (Lipinski definition) is 1. The van der Waals surface area contributed by atoms with Crippen LogP contribution in [0, 0.1) is 23.7 Å². The van der Waals surface area contributed by atoms with E-state index in [1.165, 1.54) is 12.8 Å². The van der Waals surface area contributed by atoms with Gasteiger partial charge in [-0.05, 0) is 42.9 Å². The molecule has 1 heteroatoms. The Hall–Kier alpha value is -0.0400. The minimum atomic E-state index is 0.104. The van der Waals surface area contributed by atoms with Crippen molar-refractivity contribution >= 4 is 0 Å². The Labute approximate surface area is 55.1 Å². The van der Waals surface area contributed by atoms with Crippen molar-refractivity contribution in [3.05, 3.63) is 0 Å². The zero-order valence-electron chi connectivity index (χ0n) is 5.46. The average Bonchev–Trinajstić information content (AvgIpc) is 2.34. The molecule has 0 saturated heterocycles. The molecule has 3 rings (SSSR count). The van der Waals surface area contributed by atoms with E-state index in [-0.39, 0.29) is 6.10 Å². The van der Waals surface area contributed by atoms with Crippen LogP contribution >= 0.6 is 0 Å². The Morgan fingerprint density at radius 1 is 1.11 bits per heavy atom. The minimum Gasteiger partial charge on any atom is -0.393 e. The molecule has 3 saturated carbocycles. The Morgan fingerprint density at radius 3 is 2.56 bits per heavy atom. The molecule has 0 aromatic heterocycles. The van der Waals surface area contributed by atoms with Crippen LogP contribution in [-0.4, -0.2) is 11.2 Å². The van der Waals surface area contributed by atoms with Crippen molar-refractivity contribution in [2.24, 2.45) is 23.7 Å². The Balaban J connectivity index is 1.97. The van der Waals surface area contributed by atoms with Gasteiger partial charge in [0.05, 0.1) is 6.10 Å². The molecular formula is C8H12O. The van der Waals surface area contributed by atoms with Gasteiger partial charge in [-0.3, -0.25) is 0 Å². The summed E-state index contributed by atoms with van der Waals surface area (Å²) < 4.78 is 0. The van der Waals surface area contributed by atoms with Crippen LogP contribution in [0.4, 0.5) is 0 Å². The van der Waals surface area contributed by atoms with E-state index >= 15 is 0 Å². The van der Waals surface area contributed by atoms with Gasteiger partial charge in [-0.25, -0.2) is 0 Å². The van der Waals surface area contributed by atoms with Gasteiger partial charge in [-0.2, -0.15) is 0 Å². The summed E-state index contributed by atoms with van der Waals surface area (Å²) in [6.07, 6.45) is 4.08. The van der Waals surface area contributed by atoms with Gasteiger partial charge in [-0.15, -0.1) is 0 Å². The summed E-state index contributed by atoms with van der Waals surface area (Å²) in [5.74, 6) is 3.66. The fourth-order valence-corrected chi connectivity index (χ4v) is 3.36. The maximum absolute atomic E-state index is 9.42. The topological polar surface area (TPSA) is 20.2 Å². The lowest BCUT2D eigenvalue weighted by atomic mass is 10.1. The summed E-state index contributed by atoms with van der Waals surface area (Å²) in [5.41, 5.74) is 0. The van der Waals surface area contributed by atoms with Gasteiger partial charge in [0.15, 0.2) is 0 Å². The Kier molecular flexibility index (Phi) is 0.628. The molecule has 5 atom stereocenters. The predicted octanol–water partition coefficient (Wildman–Crippen LogP) is 1.02. The third-order valence-corrected chi connectivity index (χ3v) is 3.70. The molecule has 0 spiro atoms. The van der Waals surface area contributed by atoms with Crippen molar-refractivity contribution in [2.75, 3.05) is 0 Å². The van der Waals surface area contributed by atoms with E-state index in [2.05, 4.69) is 0 Å². The summed E-state index contributed by atoms with van der Waals surface area (Å²) in [7, 11) is 0. The molecule has 0 aromatic rings. The van der Waals surface area contributed by atoms with Crippen molar-refractivity contribution in [1.82, 2.24) is 0 Å². The summed E-state index contributed by atoms with van der Waals surface area (Å²) in [5, 5.41) is 9.42. The standard InChI is InChI=1S/C8H12O/c9-6-3-4-1-2-5-7(4)8(5)6/h4-9H,1-3H2. The van der Waals surface area contributed by atoms with Crippen molar-refractivity contribution in [3.8, 4) is 0 Å². The van der Waals surface area contributed by atoms with Gasteiger partial charge in [0.1, 0.15) is 0 Å². The van der Waals surface area contributed by atoms with E-state index in [0.29, 0.717) is 0 Å². The zero-order valence-corrected chi connectivity index (χ0v) is 5.46. The lowest BCUT2D eigenvalue weighted by Crippen LogP contribution is -2.06. The highest BCUT2D eigenvalue weighted by atomic mass is 16.3. The van der Waals surface area contributed by atoms with Crippen LogP contribution in [0.15, 0.2) is 0 Å². The molecule has 3 aliphatic carbocycles. The highest BCUT2D eigenvalue weighted by Gasteiger charge is 2.65. The van der Waals surface area contributed by atoms with Gasteiger partial charge in [0.25, 0.3) is 0 Å². The van der Waals surface area contributed by atoms with Gasteiger partial charge >= 0.3 is 0 Å². The smallest absolute Gasteiger partial charge is 0.0576 e.